The third-order valence-corrected chi connectivity index (χ3v) is 4.41. The molecular weight excluding hydrogens is 318 g/mol. The van der Waals surface area contributed by atoms with E-state index in [1.807, 2.05) is 48.7 Å². The molecule has 0 bridgehead atoms. The number of aliphatic hydroxyl groups excluding tert-OH is 1. The number of aromatic nitrogens is 4. The Morgan fingerprint density at radius 3 is 2.60 bits per heavy atom. The quantitative estimate of drug-likeness (QED) is 0.712. The Labute approximate surface area is 146 Å². The molecule has 132 valence electrons. The van der Waals surface area contributed by atoms with Crippen LogP contribution in [0.3, 0.4) is 0 Å². The molecule has 2 heterocycles. The van der Waals surface area contributed by atoms with Crippen LogP contribution < -0.4 is 10.9 Å². The molecule has 0 aliphatic heterocycles. The predicted molar refractivity (Wildman–Crippen MR) is 97.8 cm³/mol. The van der Waals surface area contributed by atoms with Crippen LogP contribution in [-0.2, 0) is 13.6 Å². The van der Waals surface area contributed by atoms with Crippen molar-refractivity contribution in [2.75, 3.05) is 11.9 Å². The summed E-state index contributed by atoms with van der Waals surface area (Å²) in [7, 11) is 1.68. The number of anilines is 1. The highest BCUT2D eigenvalue weighted by molar-refractivity contribution is 5.72. The van der Waals surface area contributed by atoms with Gasteiger partial charge in [-0.05, 0) is 18.9 Å². The van der Waals surface area contributed by atoms with Crippen LogP contribution in [0.15, 0.2) is 35.1 Å². The van der Waals surface area contributed by atoms with Crippen LogP contribution in [0.4, 0.5) is 5.95 Å². The fourth-order valence-electron chi connectivity index (χ4n) is 2.82. The van der Waals surface area contributed by atoms with Gasteiger partial charge in [0.25, 0.3) is 5.56 Å². The molecule has 1 aromatic carbocycles. The van der Waals surface area contributed by atoms with Gasteiger partial charge in [-0.1, -0.05) is 37.3 Å². The molecule has 1 atom stereocenters. The molecule has 3 aromatic rings. The number of aliphatic hydroxyl groups is 1. The van der Waals surface area contributed by atoms with Crippen LogP contribution >= 0.6 is 0 Å². The number of fused-ring (bicyclic) bond motifs is 1. The molecule has 7 nitrogen and oxygen atoms in total. The largest absolute Gasteiger partial charge is 0.394 e. The Balaban J connectivity index is 2.08. The molecule has 0 saturated carbocycles. The summed E-state index contributed by atoms with van der Waals surface area (Å²) < 4.78 is 3.37. The first-order valence-corrected chi connectivity index (χ1v) is 8.40. The first-order valence-electron chi connectivity index (χ1n) is 8.40. The first-order chi connectivity index (χ1) is 12.0. The van der Waals surface area contributed by atoms with Crippen molar-refractivity contribution in [1.29, 1.82) is 0 Å². The second-order valence-electron chi connectivity index (χ2n) is 6.13. The Hall–Kier alpha value is -2.67. The van der Waals surface area contributed by atoms with Gasteiger partial charge in [-0.25, -0.2) is 4.98 Å². The van der Waals surface area contributed by atoms with E-state index in [2.05, 4.69) is 15.3 Å². The maximum absolute atomic E-state index is 12.9. The van der Waals surface area contributed by atoms with E-state index >= 15 is 0 Å². The van der Waals surface area contributed by atoms with Gasteiger partial charge in [-0.15, -0.1) is 0 Å². The zero-order valence-electron chi connectivity index (χ0n) is 14.7. The number of aryl methyl sites for hydroxylation is 1. The summed E-state index contributed by atoms with van der Waals surface area (Å²) in [6.07, 6.45) is 0.728. The number of imidazole rings is 1. The highest BCUT2D eigenvalue weighted by Crippen LogP contribution is 2.15. The zero-order chi connectivity index (χ0) is 18.0. The van der Waals surface area contributed by atoms with Crippen LogP contribution in [0.5, 0.6) is 0 Å². The second-order valence-corrected chi connectivity index (χ2v) is 6.13. The van der Waals surface area contributed by atoms with E-state index in [1.165, 1.54) is 4.57 Å². The highest BCUT2D eigenvalue weighted by atomic mass is 16.3. The minimum Gasteiger partial charge on any atom is -0.394 e. The Morgan fingerprint density at radius 2 is 1.96 bits per heavy atom. The van der Waals surface area contributed by atoms with Crippen molar-refractivity contribution in [2.24, 2.45) is 7.05 Å². The van der Waals surface area contributed by atoms with E-state index < -0.39 is 0 Å². The molecule has 0 amide bonds. The van der Waals surface area contributed by atoms with Crippen molar-refractivity contribution < 1.29 is 5.11 Å². The normalized spacial score (nSPS) is 12.5. The molecule has 0 aliphatic rings. The summed E-state index contributed by atoms with van der Waals surface area (Å²) in [5.41, 5.74) is 1.86. The molecule has 7 heteroatoms. The van der Waals surface area contributed by atoms with E-state index in [0.717, 1.165) is 17.8 Å². The van der Waals surface area contributed by atoms with Crippen LogP contribution in [0.1, 0.15) is 24.7 Å². The fourth-order valence-corrected chi connectivity index (χ4v) is 2.82. The average Bonchev–Trinajstić information content (AvgIpc) is 2.93. The van der Waals surface area contributed by atoms with Crippen molar-refractivity contribution in [1.82, 2.24) is 19.1 Å². The van der Waals surface area contributed by atoms with E-state index in [-0.39, 0.29) is 18.2 Å². The van der Waals surface area contributed by atoms with Gasteiger partial charge in [0.15, 0.2) is 11.2 Å². The first kappa shape index (κ1) is 17.2. The molecule has 3 rings (SSSR count). The topological polar surface area (TPSA) is 85.0 Å². The highest BCUT2D eigenvalue weighted by Gasteiger charge is 2.18. The molecule has 0 fully saturated rings. The zero-order valence-corrected chi connectivity index (χ0v) is 14.7. The van der Waals surface area contributed by atoms with Gasteiger partial charge in [-0.3, -0.25) is 9.36 Å². The number of nitrogens with one attached hydrogen (secondary N) is 1. The van der Waals surface area contributed by atoms with Crippen LogP contribution in [-0.4, -0.2) is 36.9 Å². The van der Waals surface area contributed by atoms with Crippen molar-refractivity contribution in [3.63, 3.8) is 0 Å². The summed E-state index contributed by atoms with van der Waals surface area (Å²) in [5, 5.41) is 12.5. The van der Waals surface area contributed by atoms with Crippen LogP contribution in [0, 0.1) is 6.92 Å². The molecule has 0 radical (unpaired) electrons. The molecule has 2 N–H and O–H groups in total. The summed E-state index contributed by atoms with van der Waals surface area (Å²) >= 11 is 0. The van der Waals surface area contributed by atoms with E-state index in [9.17, 15) is 9.90 Å². The van der Waals surface area contributed by atoms with Gasteiger partial charge in [0.2, 0.25) is 5.95 Å². The minimum atomic E-state index is -0.156. The van der Waals surface area contributed by atoms with Gasteiger partial charge in [0, 0.05) is 13.6 Å². The lowest BCUT2D eigenvalue weighted by molar-refractivity contribution is 0.271. The van der Waals surface area contributed by atoms with Crippen LogP contribution in [0.2, 0.25) is 0 Å². The average molecular weight is 341 g/mol. The lowest BCUT2D eigenvalue weighted by Gasteiger charge is -2.16. The lowest BCUT2D eigenvalue weighted by atomic mass is 10.2. The van der Waals surface area contributed by atoms with Crippen molar-refractivity contribution >= 4 is 17.1 Å². The number of hydrogen-bond donors (Lipinski definition) is 2. The standard InChI is InChI=1S/C18H23N5O2/c1-4-14(11-24)20-18-21-16-15(17(25)22(18)3)23(12(2)19-16)10-13-8-6-5-7-9-13/h5-9,14,24H,4,10-11H2,1-3H3,(H,20,21). The minimum absolute atomic E-state index is 0.0219. The monoisotopic (exact) mass is 341 g/mol. The smallest absolute Gasteiger partial charge is 0.280 e. The molecule has 0 spiro atoms. The summed E-state index contributed by atoms with van der Waals surface area (Å²) in [5.74, 6) is 1.16. The molecule has 0 aliphatic carbocycles. The van der Waals surface area contributed by atoms with Gasteiger partial charge in [0.05, 0.1) is 12.6 Å². The summed E-state index contributed by atoms with van der Waals surface area (Å²) in [6.45, 7) is 4.38. The molecule has 2 aromatic heterocycles. The van der Waals surface area contributed by atoms with Crippen molar-refractivity contribution in [2.45, 2.75) is 32.9 Å². The number of rotatable bonds is 6. The molecular formula is C18H23N5O2. The maximum atomic E-state index is 12.9. The number of nitrogens with zero attached hydrogens (tertiary/aromatic N) is 4. The third-order valence-electron chi connectivity index (χ3n) is 4.41. The van der Waals surface area contributed by atoms with Gasteiger partial charge >= 0.3 is 0 Å². The van der Waals surface area contributed by atoms with Crippen LogP contribution in [0.25, 0.3) is 11.2 Å². The number of benzene rings is 1. The predicted octanol–water partition coefficient (Wildman–Crippen LogP) is 1.67. The summed E-state index contributed by atoms with van der Waals surface area (Å²) in [6, 6.07) is 9.80. The number of hydrogen-bond acceptors (Lipinski definition) is 5. The Morgan fingerprint density at radius 1 is 1.24 bits per heavy atom. The summed E-state index contributed by atoms with van der Waals surface area (Å²) in [4.78, 5) is 21.9. The van der Waals surface area contributed by atoms with E-state index in [4.69, 9.17) is 0 Å². The second kappa shape index (κ2) is 7.06. The van der Waals surface area contributed by atoms with Gasteiger partial charge < -0.3 is 15.0 Å². The lowest BCUT2D eigenvalue weighted by Crippen LogP contribution is -2.30. The van der Waals surface area contributed by atoms with E-state index in [0.29, 0.717) is 23.7 Å². The Kier molecular flexibility index (Phi) is 4.85. The van der Waals surface area contributed by atoms with E-state index in [1.54, 1.807) is 7.05 Å². The third kappa shape index (κ3) is 3.28. The maximum Gasteiger partial charge on any atom is 0.280 e. The van der Waals surface area contributed by atoms with Crippen molar-refractivity contribution in [3.05, 3.63) is 52.1 Å². The SMILES string of the molecule is CCC(CO)Nc1nc2nc(C)n(Cc3ccccc3)c2c(=O)n1C. The molecule has 0 saturated heterocycles. The Bertz CT molecular complexity index is 926. The van der Waals surface area contributed by atoms with Gasteiger partial charge in [-0.2, -0.15) is 4.98 Å². The van der Waals surface area contributed by atoms with Crippen molar-refractivity contribution in [3.8, 4) is 0 Å². The molecule has 25 heavy (non-hydrogen) atoms. The fraction of sp³-hybridized carbons (Fsp3) is 0.389. The molecule has 1 unspecified atom stereocenters. The van der Waals surface area contributed by atoms with Gasteiger partial charge in [0.1, 0.15) is 5.82 Å².